The highest BCUT2D eigenvalue weighted by atomic mass is 79.9. The van der Waals surface area contributed by atoms with Crippen molar-refractivity contribution in [3.63, 3.8) is 0 Å². The number of halogens is 1. The first-order valence-corrected chi connectivity index (χ1v) is 8.23. The third-order valence-corrected chi connectivity index (χ3v) is 5.73. The van der Waals surface area contributed by atoms with Crippen molar-refractivity contribution in [2.45, 2.75) is 36.8 Å². The van der Waals surface area contributed by atoms with E-state index in [1.54, 1.807) is 29.4 Å². The van der Waals surface area contributed by atoms with Crippen LogP contribution in [0.25, 0.3) is 0 Å². The Bertz CT molecular complexity index is 512. The maximum absolute atomic E-state index is 6.21. The van der Waals surface area contributed by atoms with Crippen molar-refractivity contribution < 1.29 is 4.42 Å². The Labute approximate surface area is 123 Å². The van der Waals surface area contributed by atoms with Crippen LogP contribution in [-0.2, 0) is 0 Å². The molecule has 0 aliphatic carbocycles. The van der Waals surface area contributed by atoms with Crippen LogP contribution in [0.15, 0.2) is 31.8 Å². The van der Waals surface area contributed by atoms with E-state index in [0.29, 0.717) is 5.22 Å². The summed E-state index contributed by atoms with van der Waals surface area (Å²) < 4.78 is 6.50. The van der Waals surface area contributed by atoms with Crippen molar-refractivity contribution in [3.8, 4) is 0 Å². The Morgan fingerprint density at radius 2 is 2.39 bits per heavy atom. The Hall–Kier alpha value is -0.300. The van der Waals surface area contributed by atoms with Gasteiger partial charge in [0, 0.05) is 20.8 Å². The third kappa shape index (κ3) is 3.38. The molecule has 0 saturated heterocycles. The number of hydrogen-bond donors (Lipinski definition) is 1. The van der Waals surface area contributed by atoms with E-state index in [1.165, 1.54) is 4.88 Å². The summed E-state index contributed by atoms with van der Waals surface area (Å²) in [5.74, 6) is 0. The molecular formula is C12H15BrN2OS2. The molecule has 18 heavy (non-hydrogen) atoms. The van der Waals surface area contributed by atoms with Gasteiger partial charge in [0.2, 0.25) is 0 Å². The maximum atomic E-state index is 6.21. The molecule has 2 aromatic heterocycles. The molecular weight excluding hydrogens is 332 g/mol. The molecule has 98 valence electrons. The van der Waals surface area contributed by atoms with Crippen molar-refractivity contribution in [1.29, 1.82) is 0 Å². The molecule has 0 saturated carbocycles. The minimum atomic E-state index is 0.0905. The minimum Gasteiger partial charge on any atom is -0.440 e. The highest BCUT2D eigenvalue weighted by Gasteiger charge is 2.23. The minimum absolute atomic E-state index is 0.0905. The summed E-state index contributed by atoms with van der Waals surface area (Å²) in [5.41, 5.74) is 7.11. The van der Waals surface area contributed by atoms with Crippen LogP contribution in [0, 0.1) is 6.92 Å². The summed E-state index contributed by atoms with van der Waals surface area (Å²) in [5, 5.41) is 2.95. The average molecular weight is 347 g/mol. The van der Waals surface area contributed by atoms with Crippen LogP contribution < -0.4 is 5.73 Å². The Morgan fingerprint density at radius 3 is 2.89 bits per heavy atom. The molecule has 2 heterocycles. The lowest BCUT2D eigenvalue weighted by Gasteiger charge is -2.19. The van der Waals surface area contributed by atoms with Gasteiger partial charge in [0.1, 0.15) is 6.26 Å². The quantitative estimate of drug-likeness (QED) is 0.816. The second kappa shape index (κ2) is 6.23. The molecule has 0 spiro atoms. The summed E-state index contributed by atoms with van der Waals surface area (Å²) in [6.45, 7) is 4.02. The lowest BCUT2D eigenvalue weighted by atomic mass is 10.1. The molecule has 0 radical (unpaired) electrons. The fourth-order valence-electron chi connectivity index (χ4n) is 1.54. The Kier molecular flexibility index (Phi) is 4.89. The molecule has 0 fully saturated rings. The predicted molar refractivity (Wildman–Crippen MR) is 80.1 cm³/mol. The zero-order valence-corrected chi connectivity index (χ0v) is 13.4. The zero-order valence-electron chi connectivity index (χ0n) is 10.2. The lowest BCUT2D eigenvalue weighted by Crippen LogP contribution is -2.25. The van der Waals surface area contributed by atoms with Gasteiger partial charge in [-0.3, -0.25) is 0 Å². The van der Waals surface area contributed by atoms with Gasteiger partial charge in [0.25, 0.3) is 5.22 Å². The topological polar surface area (TPSA) is 52.0 Å². The van der Waals surface area contributed by atoms with E-state index < -0.39 is 0 Å². The number of thioether (sulfide) groups is 1. The average Bonchev–Trinajstić information content (AvgIpc) is 2.94. The maximum Gasteiger partial charge on any atom is 0.256 e. The number of aromatic nitrogens is 1. The first-order chi connectivity index (χ1) is 8.60. The second-order valence-corrected chi connectivity index (χ2v) is 6.98. The number of thiophene rings is 1. The van der Waals surface area contributed by atoms with Gasteiger partial charge in [-0.2, -0.15) is 0 Å². The van der Waals surface area contributed by atoms with E-state index in [4.69, 9.17) is 10.2 Å². The van der Waals surface area contributed by atoms with Gasteiger partial charge in [-0.05, 0) is 35.3 Å². The summed E-state index contributed by atoms with van der Waals surface area (Å²) in [7, 11) is 0. The van der Waals surface area contributed by atoms with Gasteiger partial charge < -0.3 is 10.2 Å². The number of rotatable bonds is 5. The van der Waals surface area contributed by atoms with Gasteiger partial charge in [-0.25, -0.2) is 4.98 Å². The van der Waals surface area contributed by atoms with Gasteiger partial charge in [-0.1, -0.05) is 18.7 Å². The van der Waals surface area contributed by atoms with Crippen molar-refractivity contribution in [1.82, 2.24) is 4.98 Å². The highest BCUT2D eigenvalue weighted by Crippen LogP contribution is 2.41. The number of nitrogens with two attached hydrogens (primary N) is 1. The Balaban J connectivity index is 2.20. The van der Waals surface area contributed by atoms with Gasteiger partial charge >= 0.3 is 0 Å². The van der Waals surface area contributed by atoms with Crippen LogP contribution in [0.3, 0.4) is 0 Å². The van der Waals surface area contributed by atoms with Crippen LogP contribution in [0.4, 0.5) is 0 Å². The monoisotopic (exact) mass is 346 g/mol. The van der Waals surface area contributed by atoms with E-state index >= 15 is 0 Å². The van der Waals surface area contributed by atoms with Crippen LogP contribution in [-0.4, -0.2) is 11.0 Å². The van der Waals surface area contributed by atoms with Crippen LogP contribution in [0.1, 0.15) is 29.2 Å². The fraction of sp³-hybridized carbons (Fsp3) is 0.417. The van der Waals surface area contributed by atoms with Crippen molar-refractivity contribution >= 4 is 39.0 Å². The molecule has 0 aromatic carbocycles. The highest BCUT2D eigenvalue weighted by molar-refractivity contribution is 9.10. The molecule has 0 aliphatic rings. The molecule has 2 unspecified atom stereocenters. The largest absolute Gasteiger partial charge is 0.440 e. The van der Waals surface area contributed by atoms with Gasteiger partial charge in [0.05, 0.1) is 10.9 Å². The zero-order chi connectivity index (χ0) is 13.1. The van der Waals surface area contributed by atoms with Crippen LogP contribution in [0.2, 0.25) is 0 Å². The SMILES string of the molecule is CCC(N)C(Sc1nc(C)co1)c1cc(Br)cs1. The van der Waals surface area contributed by atoms with E-state index in [-0.39, 0.29) is 11.3 Å². The normalized spacial score (nSPS) is 14.7. The van der Waals surface area contributed by atoms with Gasteiger partial charge in [0.15, 0.2) is 0 Å². The van der Waals surface area contributed by atoms with Crippen LogP contribution >= 0.6 is 39.0 Å². The number of aryl methyl sites for hydroxylation is 1. The Morgan fingerprint density at radius 1 is 1.61 bits per heavy atom. The molecule has 6 heteroatoms. The van der Waals surface area contributed by atoms with Gasteiger partial charge in [-0.15, -0.1) is 11.3 Å². The molecule has 0 bridgehead atoms. The van der Waals surface area contributed by atoms with E-state index in [0.717, 1.165) is 16.6 Å². The third-order valence-electron chi connectivity index (χ3n) is 2.55. The number of oxazole rings is 1. The molecule has 2 rings (SSSR count). The number of hydrogen-bond acceptors (Lipinski definition) is 5. The molecule has 0 amide bonds. The molecule has 2 atom stereocenters. The number of nitrogens with zero attached hydrogens (tertiary/aromatic N) is 1. The first kappa shape index (κ1) is 14.1. The van der Waals surface area contributed by atoms with Crippen LogP contribution in [0.5, 0.6) is 0 Å². The van der Waals surface area contributed by atoms with E-state index in [2.05, 4.69) is 39.3 Å². The predicted octanol–water partition coefficient (Wildman–Crippen LogP) is 4.38. The standard InChI is InChI=1S/C12H15BrN2OS2/c1-3-9(14)11(10-4-8(13)6-17-10)18-12-15-7(2)5-16-12/h4-6,9,11H,3,14H2,1-2H3. The smallest absolute Gasteiger partial charge is 0.256 e. The molecule has 2 aromatic rings. The summed E-state index contributed by atoms with van der Waals surface area (Å²) in [6.07, 6.45) is 2.59. The lowest BCUT2D eigenvalue weighted by molar-refractivity contribution is 0.451. The van der Waals surface area contributed by atoms with Crippen molar-refractivity contribution in [3.05, 3.63) is 32.8 Å². The molecule has 2 N–H and O–H groups in total. The van der Waals surface area contributed by atoms with Crippen molar-refractivity contribution in [2.24, 2.45) is 5.73 Å². The summed E-state index contributed by atoms with van der Waals surface area (Å²) in [6, 6.07) is 2.21. The summed E-state index contributed by atoms with van der Waals surface area (Å²) in [4.78, 5) is 5.58. The van der Waals surface area contributed by atoms with E-state index in [1.807, 2.05) is 6.92 Å². The molecule has 0 aliphatic heterocycles. The molecule has 3 nitrogen and oxygen atoms in total. The first-order valence-electron chi connectivity index (χ1n) is 5.68. The fourth-order valence-corrected chi connectivity index (χ4v) is 4.42. The summed E-state index contributed by atoms with van der Waals surface area (Å²) >= 11 is 6.79. The second-order valence-electron chi connectivity index (χ2n) is 4.03. The van der Waals surface area contributed by atoms with Crippen molar-refractivity contribution in [2.75, 3.05) is 0 Å². The van der Waals surface area contributed by atoms with E-state index in [9.17, 15) is 0 Å².